The van der Waals surface area contributed by atoms with Gasteiger partial charge in [0.15, 0.2) is 12.4 Å². The molecule has 0 aliphatic rings. The molecule has 1 N–H and O–H groups in total. The highest BCUT2D eigenvalue weighted by Gasteiger charge is 1.95. The van der Waals surface area contributed by atoms with Crippen LogP contribution in [0.1, 0.15) is 0 Å². The number of aromatic amines is 1. The van der Waals surface area contributed by atoms with Gasteiger partial charge in [0.1, 0.15) is 0 Å². The topological polar surface area (TPSA) is 93.7 Å². The number of pyridine rings is 1. The summed E-state index contributed by atoms with van der Waals surface area (Å²) < 4.78 is 0. The average Bonchev–Trinajstić information content (AvgIpc) is 2.96. The van der Waals surface area contributed by atoms with Crippen molar-refractivity contribution in [1.82, 2.24) is 25.7 Å². The summed E-state index contributed by atoms with van der Waals surface area (Å²) in [6.07, 6.45) is 3.75. The Kier molecular flexibility index (Phi) is 3.91. The molecule has 0 saturated carbocycles. The van der Waals surface area contributed by atoms with Gasteiger partial charge in [-0.2, -0.15) is 0 Å². The second-order valence-electron chi connectivity index (χ2n) is 3.22. The minimum absolute atomic E-state index is 0.0492. The van der Waals surface area contributed by atoms with E-state index in [1.807, 2.05) is 30.6 Å². The van der Waals surface area contributed by atoms with Crippen LogP contribution in [0.2, 0.25) is 0 Å². The maximum atomic E-state index is 10.7. The Bertz CT molecular complexity index is 525. The molecule has 2 heterocycles. The largest absolute Gasteiger partial charge is 0.872 e. The van der Waals surface area contributed by atoms with Gasteiger partial charge < -0.3 is 5.11 Å². The van der Waals surface area contributed by atoms with Gasteiger partial charge in [0.05, 0.1) is 5.69 Å². The van der Waals surface area contributed by atoms with E-state index in [4.69, 9.17) is 0 Å². The molecule has 0 spiro atoms. The van der Waals surface area contributed by atoms with Gasteiger partial charge in [-0.1, -0.05) is 18.2 Å². The molecular weight excluding hydrogens is 232 g/mol. The van der Waals surface area contributed by atoms with Crippen molar-refractivity contribution < 1.29 is 10.1 Å². The van der Waals surface area contributed by atoms with Crippen LogP contribution >= 0.6 is 0 Å². The fraction of sp³-hybridized carbons (Fsp3) is 0. The third kappa shape index (κ3) is 3.34. The minimum Gasteiger partial charge on any atom is -0.872 e. The van der Waals surface area contributed by atoms with Crippen molar-refractivity contribution in [2.24, 2.45) is 0 Å². The molecule has 18 heavy (non-hydrogen) atoms. The SMILES string of the molecule is [O-]c1ccc(-n2nnnn2)cc1.c1cc[nH+]cc1. The van der Waals surface area contributed by atoms with Gasteiger partial charge in [-0.05, 0) is 33.0 Å². The highest BCUT2D eigenvalue weighted by molar-refractivity contribution is 5.33. The first kappa shape index (κ1) is 11.6. The maximum absolute atomic E-state index is 10.7. The van der Waals surface area contributed by atoms with Gasteiger partial charge in [0.2, 0.25) is 0 Å². The van der Waals surface area contributed by atoms with Crippen molar-refractivity contribution in [2.75, 3.05) is 0 Å². The summed E-state index contributed by atoms with van der Waals surface area (Å²) in [5.74, 6) is -0.0492. The van der Waals surface area contributed by atoms with Crippen molar-refractivity contribution >= 4 is 0 Å². The lowest BCUT2D eigenvalue weighted by molar-refractivity contribution is -0.377. The van der Waals surface area contributed by atoms with Crippen molar-refractivity contribution in [1.29, 1.82) is 0 Å². The van der Waals surface area contributed by atoms with Crippen molar-refractivity contribution in [3.05, 3.63) is 54.9 Å². The monoisotopic (exact) mass is 242 g/mol. The predicted molar refractivity (Wildman–Crippen MR) is 59.4 cm³/mol. The summed E-state index contributed by atoms with van der Waals surface area (Å²) in [6, 6.07) is 11.9. The third-order valence-electron chi connectivity index (χ3n) is 1.96. The van der Waals surface area contributed by atoms with Crippen molar-refractivity contribution in [3.63, 3.8) is 0 Å². The zero-order valence-electron chi connectivity index (χ0n) is 9.34. The molecule has 0 saturated heterocycles. The summed E-state index contributed by atoms with van der Waals surface area (Å²) >= 11 is 0. The van der Waals surface area contributed by atoms with Crippen molar-refractivity contribution in [3.8, 4) is 11.4 Å². The van der Waals surface area contributed by atoms with Crippen LogP contribution in [-0.4, -0.2) is 25.7 Å². The molecule has 2 aromatic heterocycles. The molecule has 0 unspecified atom stereocenters. The summed E-state index contributed by atoms with van der Waals surface area (Å²) in [5, 5.41) is 24.4. The molecule has 0 fully saturated rings. The van der Waals surface area contributed by atoms with E-state index in [-0.39, 0.29) is 5.75 Å². The molecule has 1 aromatic carbocycles. The first-order chi connectivity index (χ1) is 8.86. The van der Waals surface area contributed by atoms with Crippen LogP contribution < -0.4 is 10.1 Å². The predicted octanol–water partition coefficient (Wildman–Crippen LogP) is -0.368. The second kappa shape index (κ2) is 6.04. The molecule has 0 radical (unpaired) electrons. The number of H-pyrrole nitrogens is 1. The van der Waals surface area contributed by atoms with E-state index in [1.54, 1.807) is 12.1 Å². The van der Waals surface area contributed by atoms with E-state index in [1.165, 1.54) is 16.9 Å². The molecule has 0 amide bonds. The lowest BCUT2D eigenvalue weighted by Gasteiger charge is -2.03. The van der Waals surface area contributed by atoms with Crippen LogP contribution in [0.5, 0.6) is 5.75 Å². The molecule has 3 rings (SSSR count). The van der Waals surface area contributed by atoms with Crippen molar-refractivity contribution in [2.45, 2.75) is 0 Å². The van der Waals surface area contributed by atoms with Crippen LogP contribution in [0.3, 0.4) is 0 Å². The van der Waals surface area contributed by atoms with Crippen LogP contribution in [0.15, 0.2) is 54.9 Å². The number of hydrogen-bond donors (Lipinski definition) is 0. The van der Waals surface area contributed by atoms with Crippen LogP contribution in [0.25, 0.3) is 5.69 Å². The van der Waals surface area contributed by atoms with Gasteiger partial charge in [-0.15, -0.1) is 10.5 Å². The van der Waals surface area contributed by atoms with Crippen LogP contribution in [0, 0.1) is 0 Å². The molecular formula is C11H10N6O. The zero-order chi connectivity index (χ0) is 12.6. The first-order valence-corrected chi connectivity index (χ1v) is 5.16. The quantitative estimate of drug-likeness (QED) is 0.580. The molecule has 3 aromatic rings. The van der Waals surface area contributed by atoms with E-state index in [0.29, 0.717) is 5.69 Å². The highest BCUT2D eigenvalue weighted by Crippen LogP contribution is 2.08. The Morgan fingerprint density at radius 2 is 1.50 bits per heavy atom. The number of nitrogens with one attached hydrogen (secondary N) is 1. The standard InChI is InChI=1S/C6H5N5O.C5H5N/c12-6-3-1-5(2-4-6)11-9-7-8-10-11;1-2-4-6-5-3-1/h1-4,12H;1-5H. The molecule has 0 aliphatic carbocycles. The van der Waals surface area contributed by atoms with E-state index < -0.39 is 0 Å². The van der Waals surface area contributed by atoms with E-state index in [2.05, 4.69) is 25.8 Å². The van der Waals surface area contributed by atoms with Gasteiger partial charge in [-0.25, -0.2) is 4.98 Å². The smallest absolute Gasteiger partial charge is 0.166 e. The minimum atomic E-state index is -0.0492. The van der Waals surface area contributed by atoms with Crippen LogP contribution in [-0.2, 0) is 0 Å². The Morgan fingerprint density at radius 3 is 1.94 bits per heavy atom. The van der Waals surface area contributed by atoms with Gasteiger partial charge in [-0.3, -0.25) is 0 Å². The normalized spacial score (nSPS) is 9.33. The fourth-order valence-corrected chi connectivity index (χ4v) is 1.15. The molecule has 0 atom stereocenters. The Hall–Kier alpha value is -2.83. The second-order valence-corrected chi connectivity index (χ2v) is 3.22. The van der Waals surface area contributed by atoms with E-state index >= 15 is 0 Å². The molecule has 7 nitrogen and oxygen atoms in total. The summed E-state index contributed by atoms with van der Waals surface area (Å²) in [6.45, 7) is 0. The Morgan fingerprint density at radius 1 is 0.889 bits per heavy atom. The summed E-state index contributed by atoms with van der Waals surface area (Å²) in [7, 11) is 0. The van der Waals surface area contributed by atoms with Gasteiger partial charge in [0, 0.05) is 12.1 Å². The number of benzene rings is 1. The molecule has 0 bridgehead atoms. The van der Waals surface area contributed by atoms with Crippen LogP contribution in [0.4, 0.5) is 0 Å². The Labute approximate surface area is 103 Å². The van der Waals surface area contributed by atoms with E-state index in [9.17, 15) is 5.11 Å². The lowest BCUT2D eigenvalue weighted by atomic mass is 10.3. The fourth-order valence-electron chi connectivity index (χ4n) is 1.15. The summed E-state index contributed by atoms with van der Waals surface area (Å²) in [5.41, 5.74) is 0.666. The van der Waals surface area contributed by atoms with Gasteiger partial charge in [0.25, 0.3) is 0 Å². The lowest BCUT2D eigenvalue weighted by Crippen LogP contribution is -1.99. The number of rotatable bonds is 1. The highest BCUT2D eigenvalue weighted by atomic mass is 16.3. The number of nitrogens with zero attached hydrogens (tertiary/aromatic N) is 5. The third-order valence-corrected chi connectivity index (χ3v) is 1.96. The number of hydrogen-bond acceptors (Lipinski definition) is 5. The molecule has 0 aliphatic heterocycles. The first-order valence-electron chi connectivity index (χ1n) is 5.16. The van der Waals surface area contributed by atoms with Gasteiger partial charge >= 0.3 is 0 Å². The summed E-state index contributed by atoms with van der Waals surface area (Å²) in [4.78, 5) is 4.13. The van der Waals surface area contributed by atoms with E-state index in [0.717, 1.165) is 0 Å². The zero-order valence-corrected chi connectivity index (χ0v) is 9.34. The molecule has 90 valence electrons. The Balaban J connectivity index is 0.000000169. The molecule has 7 heteroatoms. The number of aromatic nitrogens is 6. The average molecular weight is 242 g/mol. The maximum Gasteiger partial charge on any atom is 0.166 e.